The van der Waals surface area contributed by atoms with Crippen LogP contribution in [0.3, 0.4) is 0 Å². The fourth-order valence-electron chi connectivity index (χ4n) is 2.68. The molecule has 0 saturated heterocycles. The Labute approximate surface area is 137 Å². The quantitative estimate of drug-likeness (QED) is 0.785. The van der Waals surface area contributed by atoms with Crippen molar-refractivity contribution >= 4 is 5.91 Å². The minimum atomic E-state index is -0.443. The van der Waals surface area contributed by atoms with Gasteiger partial charge in [-0.15, -0.1) is 0 Å². The first kappa shape index (κ1) is 17.2. The van der Waals surface area contributed by atoms with Gasteiger partial charge in [-0.3, -0.25) is 4.79 Å². The Bertz CT molecular complexity index is 592. The van der Waals surface area contributed by atoms with Crippen LogP contribution >= 0.6 is 0 Å². The summed E-state index contributed by atoms with van der Waals surface area (Å²) in [4.78, 5) is 16.4. The Morgan fingerprint density at radius 3 is 2.39 bits per heavy atom. The number of benzene rings is 1. The fourth-order valence-corrected chi connectivity index (χ4v) is 2.68. The van der Waals surface area contributed by atoms with Crippen LogP contribution in [0.1, 0.15) is 37.8 Å². The van der Waals surface area contributed by atoms with E-state index in [9.17, 15) is 4.79 Å². The molecule has 5 nitrogen and oxygen atoms in total. The van der Waals surface area contributed by atoms with Gasteiger partial charge in [0.05, 0.1) is 11.7 Å². The maximum absolute atomic E-state index is 12.4. The van der Waals surface area contributed by atoms with E-state index in [1.807, 2.05) is 24.6 Å². The normalized spacial score (nSPS) is 11.4. The van der Waals surface area contributed by atoms with Gasteiger partial charge in [0.1, 0.15) is 0 Å². The Hall–Kier alpha value is -2.14. The van der Waals surface area contributed by atoms with Crippen LogP contribution in [0.5, 0.6) is 0 Å². The summed E-state index contributed by atoms with van der Waals surface area (Å²) in [6, 6.07) is 8.26. The number of nitrogens with two attached hydrogens (primary N) is 1. The third-order valence-electron chi connectivity index (χ3n) is 4.63. The Kier molecular flexibility index (Phi) is 5.93. The zero-order valence-corrected chi connectivity index (χ0v) is 14.0. The molecule has 0 bridgehead atoms. The van der Waals surface area contributed by atoms with E-state index in [0.717, 1.165) is 24.9 Å². The maximum atomic E-state index is 12.4. The SMILES string of the molecule is CCC(CC)(CN)C(=O)NCc1ccc(Cn2ccnc2)cc1. The number of carbonyl (C=O) groups is 1. The number of nitrogens with zero attached hydrogens (tertiary/aromatic N) is 2. The van der Waals surface area contributed by atoms with Gasteiger partial charge in [-0.1, -0.05) is 38.1 Å². The molecule has 0 aliphatic heterocycles. The lowest BCUT2D eigenvalue weighted by molar-refractivity contribution is -0.131. The molecule has 0 radical (unpaired) electrons. The number of hydrogen-bond acceptors (Lipinski definition) is 3. The molecule has 2 rings (SSSR count). The average Bonchev–Trinajstić information content (AvgIpc) is 3.09. The molecule has 124 valence electrons. The Morgan fingerprint density at radius 1 is 1.22 bits per heavy atom. The first-order valence-electron chi connectivity index (χ1n) is 8.15. The zero-order chi connectivity index (χ0) is 16.7. The molecule has 0 aliphatic rings. The number of amides is 1. The van der Waals surface area contributed by atoms with Gasteiger partial charge in [0.2, 0.25) is 5.91 Å². The Morgan fingerprint density at radius 2 is 1.87 bits per heavy atom. The first-order chi connectivity index (χ1) is 11.1. The molecule has 0 atom stereocenters. The molecule has 23 heavy (non-hydrogen) atoms. The van der Waals surface area contributed by atoms with Crippen LogP contribution in [0.15, 0.2) is 43.0 Å². The second-order valence-electron chi connectivity index (χ2n) is 5.93. The molecule has 1 aromatic heterocycles. The van der Waals surface area contributed by atoms with E-state index >= 15 is 0 Å². The molecule has 0 aliphatic carbocycles. The largest absolute Gasteiger partial charge is 0.352 e. The number of nitrogens with one attached hydrogen (secondary N) is 1. The van der Waals surface area contributed by atoms with Crippen molar-refractivity contribution in [2.45, 2.75) is 39.8 Å². The number of aromatic nitrogens is 2. The average molecular weight is 314 g/mol. The molecule has 0 fully saturated rings. The summed E-state index contributed by atoms with van der Waals surface area (Å²) in [5.74, 6) is 0.0486. The molecule has 1 heterocycles. The van der Waals surface area contributed by atoms with Crippen molar-refractivity contribution in [1.82, 2.24) is 14.9 Å². The third kappa shape index (κ3) is 4.20. The van der Waals surface area contributed by atoms with Crippen molar-refractivity contribution in [2.75, 3.05) is 6.54 Å². The van der Waals surface area contributed by atoms with Crippen LogP contribution in [-0.4, -0.2) is 22.0 Å². The third-order valence-corrected chi connectivity index (χ3v) is 4.63. The first-order valence-corrected chi connectivity index (χ1v) is 8.15. The predicted octanol–water partition coefficient (Wildman–Crippen LogP) is 2.31. The van der Waals surface area contributed by atoms with E-state index in [2.05, 4.69) is 34.6 Å². The van der Waals surface area contributed by atoms with Gasteiger partial charge in [-0.05, 0) is 24.0 Å². The molecule has 3 N–H and O–H groups in total. The lowest BCUT2D eigenvalue weighted by Crippen LogP contribution is -2.45. The molecule has 2 aromatic rings. The second kappa shape index (κ2) is 7.92. The van der Waals surface area contributed by atoms with Gasteiger partial charge in [0, 0.05) is 32.0 Å². The maximum Gasteiger partial charge on any atom is 0.227 e. The fraction of sp³-hybridized carbons (Fsp3) is 0.444. The van der Waals surface area contributed by atoms with E-state index in [-0.39, 0.29) is 5.91 Å². The summed E-state index contributed by atoms with van der Waals surface area (Å²) in [7, 11) is 0. The molecular formula is C18H26N4O. The second-order valence-corrected chi connectivity index (χ2v) is 5.93. The highest BCUT2D eigenvalue weighted by Crippen LogP contribution is 2.25. The molecule has 0 saturated carbocycles. The molecular weight excluding hydrogens is 288 g/mol. The molecule has 0 spiro atoms. The van der Waals surface area contributed by atoms with Crippen LogP contribution in [0.2, 0.25) is 0 Å². The van der Waals surface area contributed by atoms with Gasteiger partial charge in [0.25, 0.3) is 0 Å². The summed E-state index contributed by atoms with van der Waals surface area (Å²) in [5, 5.41) is 3.02. The van der Waals surface area contributed by atoms with Gasteiger partial charge in [-0.25, -0.2) is 4.98 Å². The topological polar surface area (TPSA) is 72.9 Å². The summed E-state index contributed by atoms with van der Waals surface area (Å²) >= 11 is 0. The van der Waals surface area contributed by atoms with Crippen LogP contribution in [-0.2, 0) is 17.9 Å². The molecule has 5 heteroatoms. The number of carbonyl (C=O) groups excluding carboxylic acids is 1. The van der Waals surface area contributed by atoms with Crippen LogP contribution in [0.25, 0.3) is 0 Å². The van der Waals surface area contributed by atoms with Crippen molar-refractivity contribution < 1.29 is 4.79 Å². The van der Waals surface area contributed by atoms with Crippen LogP contribution in [0, 0.1) is 5.41 Å². The standard InChI is InChI=1S/C18H26N4O/c1-3-18(4-2,13-19)17(23)21-11-15-5-7-16(8-6-15)12-22-10-9-20-14-22/h5-10,14H,3-4,11-13,19H2,1-2H3,(H,21,23). The minimum Gasteiger partial charge on any atom is -0.352 e. The number of hydrogen-bond donors (Lipinski definition) is 2. The van der Waals surface area contributed by atoms with Crippen LogP contribution in [0.4, 0.5) is 0 Å². The van der Waals surface area contributed by atoms with Crippen molar-refractivity contribution in [2.24, 2.45) is 11.1 Å². The van der Waals surface area contributed by atoms with Crippen molar-refractivity contribution in [3.05, 3.63) is 54.1 Å². The summed E-state index contributed by atoms with van der Waals surface area (Å²) in [5.41, 5.74) is 7.67. The lowest BCUT2D eigenvalue weighted by atomic mass is 9.81. The number of imidazole rings is 1. The molecule has 0 unspecified atom stereocenters. The smallest absolute Gasteiger partial charge is 0.227 e. The minimum absolute atomic E-state index is 0.0486. The number of rotatable bonds is 8. The van der Waals surface area contributed by atoms with E-state index in [1.165, 1.54) is 5.56 Å². The van der Waals surface area contributed by atoms with Crippen molar-refractivity contribution in [3.63, 3.8) is 0 Å². The predicted molar refractivity (Wildman–Crippen MR) is 91.7 cm³/mol. The highest BCUT2D eigenvalue weighted by molar-refractivity contribution is 5.82. The monoisotopic (exact) mass is 314 g/mol. The summed E-state index contributed by atoms with van der Waals surface area (Å²) in [6.07, 6.45) is 7.03. The van der Waals surface area contributed by atoms with Crippen molar-refractivity contribution in [3.8, 4) is 0 Å². The highest BCUT2D eigenvalue weighted by Gasteiger charge is 2.32. The van der Waals surface area contributed by atoms with E-state index in [0.29, 0.717) is 13.1 Å². The van der Waals surface area contributed by atoms with E-state index in [4.69, 9.17) is 5.73 Å². The molecule has 1 aromatic carbocycles. The van der Waals surface area contributed by atoms with E-state index < -0.39 is 5.41 Å². The highest BCUT2D eigenvalue weighted by atomic mass is 16.2. The molecule has 1 amide bonds. The van der Waals surface area contributed by atoms with E-state index in [1.54, 1.807) is 12.5 Å². The van der Waals surface area contributed by atoms with Gasteiger partial charge in [-0.2, -0.15) is 0 Å². The van der Waals surface area contributed by atoms with Crippen LogP contribution < -0.4 is 11.1 Å². The van der Waals surface area contributed by atoms with Gasteiger partial charge < -0.3 is 15.6 Å². The van der Waals surface area contributed by atoms with Crippen molar-refractivity contribution in [1.29, 1.82) is 0 Å². The zero-order valence-electron chi connectivity index (χ0n) is 14.0. The van der Waals surface area contributed by atoms with Gasteiger partial charge in [0.15, 0.2) is 0 Å². The summed E-state index contributed by atoms with van der Waals surface area (Å²) in [6.45, 7) is 5.75. The summed E-state index contributed by atoms with van der Waals surface area (Å²) < 4.78 is 2.02. The lowest BCUT2D eigenvalue weighted by Gasteiger charge is -2.28. The van der Waals surface area contributed by atoms with Gasteiger partial charge >= 0.3 is 0 Å². The Balaban J connectivity index is 1.92.